The summed E-state index contributed by atoms with van der Waals surface area (Å²) in [7, 11) is 1.55. The molecule has 148 valence electrons. The molecule has 1 aromatic heterocycles. The van der Waals surface area contributed by atoms with Gasteiger partial charge in [0.2, 0.25) is 0 Å². The van der Waals surface area contributed by atoms with Crippen LogP contribution < -0.4 is 15.1 Å². The van der Waals surface area contributed by atoms with Gasteiger partial charge in [-0.2, -0.15) is 0 Å². The van der Waals surface area contributed by atoms with Crippen molar-refractivity contribution in [1.29, 1.82) is 0 Å². The number of Topliss-reactive ketones (excluding diaryl/α,β-unsaturated/α-hetero) is 1. The second-order valence-corrected chi connectivity index (χ2v) is 6.98. The summed E-state index contributed by atoms with van der Waals surface area (Å²) in [5, 5.41) is 11.0. The Bertz CT molecular complexity index is 1220. The van der Waals surface area contributed by atoms with Gasteiger partial charge in [0, 0.05) is 17.5 Å². The number of ketones is 1. The molecule has 1 aliphatic heterocycles. The van der Waals surface area contributed by atoms with Gasteiger partial charge in [0.15, 0.2) is 11.5 Å². The number of ether oxygens (including phenoxy) is 2. The molecule has 1 atom stereocenters. The average molecular weight is 394 g/mol. The second kappa shape index (κ2) is 6.77. The molecule has 2 aromatic carbocycles. The summed E-state index contributed by atoms with van der Waals surface area (Å²) in [4.78, 5) is 36.8. The molecule has 0 aliphatic carbocycles. The predicted octanol–water partition coefficient (Wildman–Crippen LogP) is 3.46. The third-order valence-corrected chi connectivity index (χ3v) is 5.15. The highest BCUT2D eigenvalue weighted by atomic mass is 16.5. The summed E-state index contributed by atoms with van der Waals surface area (Å²) in [6.07, 6.45) is -0.00575. The Morgan fingerprint density at radius 3 is 2.52 bits per heavy atom. The average Bonchev–Trinajstić information content (AvgIpc) is 2.66. The zero-order valence-electron chi connectivity index (χ0n) is 16.1. The molecule has 2 heterocycles. The number of esters is 1. The minimum Gasteiger partial charge on any atom is -0.506 e. The van der Waals surface area contributed by atoms with Gasteiger partial charge < -0.3 is 19.0 Å². The summed E-state index contributed by atoms with van der Waals surface area (Å²) in [6.45, 7) is 2.92. The van der Waals surface area contributed by atoms with E-state index in [0.717, 1.165) is 5.56 Å². The van der Waals surface area contributed by atoms with Crippen molar-refractivity contribution in [3.63, 3.8) is 0 Å². The number of aromatic hydroxyl groups is 1. The number of carbonyl (C=O) groups is 2. The van der Waals surface area contributed by atoms with Gasteiger partial charge in [-0.1, -0.05) is 12.1 Å². The summed E-state index contributed by atoms with van der Waals surface area (Å²) in [6, 6.07) is 8.35. The van der Waals surface area contributed by atoms with Gasteiger partial charge in [0.05, 0.1) is 18.9 Å². The molecular weight excluding hydrogens is 376 g/mol. The molecule has 7 heteroatoms. The van der Waals surface area contributed by atoms with Gasteiger partial charge >= 0.3 is 11.6 Å². The van der Waals surface area contributed by atoms with Crippen molar-refractivity contribution >= 4 is 22.7 Å². The predicted molar refractivity (Wildman–Crippen MR) is 104 cm³/mol. The molecule has 0 fully saturated rings. The topological polar surface area (TPSA) is 103 Å². The largest absolute Gasteiger partial charge is 0.506 e. The molecule has 0 bridgehead atoms. The highest BCUT2D eigenvalue weighted by Gasteiger charge is 2.37. The number of methoxy groups -OCH3 is 1. The third kappa shape index (κ3) is 2.95. The zero-order chi connectivity index (χ0) is 20.9. The van der Waals surface area contributed by atoms with Crippen molar-refractivity contribution in [3.8, 4) is 17.2 Å². The van der Waals surface area contributed by atoms with Crippen molar-refractivity contribution in [2.45, 2.75) is 26.2 Å². The Morgan fingerprint density at radius 1 is 1.21 bits per heavy atom. The van der Waals surface area contributed by atoms with Gasteiger partial charge in [-0.15, -0.1) is 0 Å². The number of phenols is 1. The van der Waals surface area contributed by atoms with Gasteiger partial charge in [-0.25, -0.2) is 4.79 Å². The van der Waals surface area contributed by atoms with Crippen LogP contribution in [0.2, 0.25) is 0 Å². The van der Waals surface area contributed by atoms with E-state index in [2.05, 4.69) is 0 Å². The van der Waals surface area contributed by atoms with E-state index in [0.29, 0.717) is 16.9 Å². The SMILES string of the molecule is COc1ccc([C@@H]2CC(=O)Oc3c(C(C)=O)c(O)c4c(C)cc(=O)oc4c32)cc1. The standard InChI is InChI=1S/C22H18O7/c1-10-8-15(24)28-21-17(10)20(26)18(11(2)23)22-19(21)14(9-16(25)29-22)12-4-6-13(27-3)7-5-12/h4-8,14,26H,9H2,1-3H3/t14-/m0/s1. The molecule has 1 aliphatic rings. The van der Waals surface area contributed by atoms with E-state index >= 15 is 0 Å². The highest BCUT2D eigenvalue weighted by Crippen LogP contribution is 2.49. The van der Waals surface area contributed by atoms with E-state index in [4.69, 9.17) is 13.9 Å². The second-order valence-electron chi connectivity index (χ2n) is 6.98. The first-order chi connectivity index (χ1) is 13.8. The number of hydrogen-bond donors (Lipinski definition) is 1. The van der Waals surface area contributed by atoms with Crippen LogP contribution in [-0.2, 0) is 4.79 Å². The minimum absolute atomic E-state index is 0.00575. The summed E-state index contributed by atoms with van der Waals surface area (Å²) < 4.78 is 16.0. The van der Waals surface area contributed by atoms with E-state index in [-0.39, 0.29) is 34.5 Å². The van der Waals surface area contributed by atoms with Gasteiger partial charge in [0.1, 0.15) is 22.6 Å². The number of phenolic OH excluding ortho intramolecular Hbond substituents is 1. The lowest BCUT2D eigenvalue weighted by molar-refractivity contribution is -0.135. The maximum Gasteiger partial charge on any atom is 0.336 e. The Kier molecular flexibility index (Phi) is 4.38. The van der Waals surface area contributed by atoms with Crippen molar-refractivity contribution < 1.29 is 28.6 Å². The molecule has 0 spiro atoms. The van der Waals surface area contributed by atoms with Crippen LogP contribution in [0, 0.1) is 6.92 Å². The van der Waals surface area contributed by atoms with E-state index < -0.39 is 23.3 Å². The van der Waals surface area contributed by atoms with Crippen LogP contribution in [0.3, 0.4) is 0 Å². The van der Waals surface area contributed by atoms with Crippen LogP contribution in [0.25, 0.3) is 11.0 Å². The maximum absolute atomic E-state index is 12.4. The first-order valence-corrected chi connectivity index (χ1v) is 9.00. The normalized spacial score (nSPS) is 15.7. The minimum atomic E-state index is -0.599. The van der Waals surface area contributed by atoms with Crippen molar-refractivity contribution in [2.75, 3.05) is 7.11 Å². The number of benzene rings is 2. The number of fused-ring (bicyclic) bond motifs is 3. The Morgan fingerprint density at radius 2 is 1.90 bits per heavy atom. The fourth-order valence-electron chi connectivity index (χ4n) is 3.86. The fraction of sp³-hybridized carbons (Fsp3) is 0.227. The molecule has 0 unspecified atom stereocenters. The summed E-state index contributed by atoms with van der Waals surface area (Å²) in [5.41, 5.74) is 1.03. The van der Waals surface area contributed by atoms with E-state index in [1.54, 1.807) is 38.3 Å². The van der Waals surface area contributed by atoms with Gasteiger partial charge in [-0.3, -0.25) is 9.59 Å². The van der Waals surface area contributed by atoms with E-state index in [9.17, 15) is 19.5 Å². The van der Waals surface area contributed by atoms with Crippen LogP contribution >= 0.6 is 0 Å². The number of aryl methyl sites for hydroxylation is 1. The first kappa shape index (κ1) is 18.7. The molecule has 0 amide bonds. The van der Waals surface area contributed by atoms with E-state index in [1.807, 2.05) is 0 Å². The van der Waals surface area contributed by atoms with Crippen LogP contribution in [-0.4, -0.2) is 24.0 Å². The van der Waals surface area contributed by atoms with E-state index in [1.165, 1.54) is 13.0 Å². The fourth-order valence-corrected chi connectivity index (χ4v) is 3.86. The smallest absolute Gasteiger partial charge is 0.336 e. The molecule has 0 radical (unpaired) electrons. The molecule has 0 saturated carbocycles. The molecule has 1 N–H and O–H groups in total. The summed E-state index contributed by atoms with van der Waals surface area (Å²) >= 11 is 0. The lowest BCUT2D eigenvalue weighted by Crippen LogP contribution is -2.23. The molecule has 0 saturated heterocycles. The summed E-state index contributed by atoms with van der Waals surface area (Å²) in [5.74, 6) is -1.31. The monoisotopic (exact) mass is 394 g/mol. The first-order valence-electron chi connectivity index (χ1n) is 9.00. The Balaban J connectivity index is 2.12. The van der Waals surface area contributed by atoms with Crippen molar-refractivity contribution in [3.05, 3.63) is 63.0 Å². The Labute approximate surface area is 165 Å². The molecule has 3 aromatic rings. The van der Waals surface area contributed by atoms with Crippen LogP contribution in [0.15, 0.2) is 39.5 Å². The molecule has 7 nitrogen and oxygen atoms in total. The van der Waals surface area contributed by atoms with Gasteiger partial charge in [-0.05, 0) is 37.1 Å². The maximum atomic E-state index is 12.4. The van der Waals surface area contributed by atoms with Crippen LogP contribution in [0.4, 0.5) is 0 Å². The third-order valence-electron chi connectivity index (χ3n) is 5.15. The number of carbonyl (C=O) groups excluding carboxylic acids is 2. The van der Waals surface area contributed by atoms with Crippen LogP contribution in [0.1, 0.15) is 46.3 Å². The lowest BCUT2D eigenvalue weighted by atomic mass is 9.83. The van der Waals surface area contributed by atoms with Crippen molar-refractivity contribution in [1.82, 2.24) is 0 Å². The zero-order valence-corrected chi connectivity index (χ0v) is 16.1. The molecule has 29 heavy (non-hydrogen) atoms. The van der Waals surface area contributed by atoms with Gasteiger partial charge in [0.25, 0.3) is 0 Å². The number of rotatable bonds is 3. The highest BCUT2D eigenvalue weighted by molar-refractivity contribution is 6.09. The molecule has 4 rings (SSSR count). The van der Waals surface area contributed by atoms with Crippen molar-refractivity contribution in [2.24, 2.45) is 0 Å². The Hall–Kier alpha value is -3.61. The molecular formula is C22H18O7. The quantitative estimate of drug-likeness (QED) is 0.314. The van der Waals surface area contributed by atoms with Crippen LogP contribution in [0.5, 0.6) is 17.2 Å². The lowest BCUT2D eigenvalue weighted by Gasteiger charge is -2.28. The number of hydrogen-bond acceptors (Lipinski definition) is 7.